The van der Waals surface area contributed by atoms with Crippen LogP contribution in [-0.2, 0) is 18.4 Å². The maximum Gasteiger partial charge on any atom is 0.250 e. The number of amides is 1. The van der Waals surface area contributed by atoms with Crippen molar-refractivity contribution in [1.29, 1.82) is 0 Å². The molecule has 4 aromatic rings. The minimum Gasteiger partial charge on any atom is -0.343 e. The molecule has 3 aromatic carbocycles. The Morgan fingerprint density at radius 1 is 0.879 bits per heavy atom. The second-order valence-electron chi connectivity index (χ2n) is 8.97. The van der Waals surface area contributed by atoms with Crippen LogP contribution in [0.2, 0.25) is 0 Å². The van der Waals surface area contributed by atoms with E-state index >= 15 is 0 Å². The molecule has 1 aromatic heterocycles. The van der Waals surface area contributed by atoms with E-state index in [1.807, 2.05) is 11.8 Å². The van der Waals surface area contributed by atoms with Crippen molar-refractivity contribution in [2.24, 2.45) is 7.05 Å². The summed E-state index contributed by atoms with van der Waals surface area (Å²) in [6, 6.07) is 23.2. The molecule has 1 aliphatic heterocycles. The predicted molar refractivity (Wildman–Crippen MR) is 131 cm³/mol. The fraction of sp³-hybridized carbons (Fsp3) is 0.207. The fourth-order valence-electron chi connectivity index (χ4n) is 5.02. The zero-order valence-corrected chi connectivity index (χ0v) is 19.4. The number of para-hydroxylation sites is 1. The first-order valence-electron chi connectivity index (χ1n) is 11.2. The van der Waals surface area contributed by atoms with Crippen molar-refractivity contribution in [3.63, 3.8) is 0 Å². The average Bonchev–Trinajstić information content (AvgIpc) is 3.22. The normalized spacial score (nSPS) is 16.3. The molecule has 1 atom stereocenters. The van der Waals surface area contributed by atoms with Crippen LogP contribution in [0.5, 0.6) is 0 Å². The van der Waals surface area contributed by atoms with Gasteiger partial charge in [-0.15, -0.1) is 0 Å². The summed E-state index contributed by atoms with van der Waals surface area (Å²) in [5.74, 6) is -0.242. The van der Waals surface area contributed by atoms with Gasteiger partial charge in [0.15, 0.2) is 0 Å². The van der Waals surface area contributed by atoms with E-state index in [0.717, 1.165) is 44.4 Å². The predicted octanol–water partition coefficient (Wildman–Crippen LogP) is 6.71. The second-order valence-corrected chi connectivity index (χ2v) is 8.97. The van der Waals surface area contributed by atoms with E-state index in [1.165, 1.54) is 17.7 Å². The van der Waals surface area contributed by atoms with Crippen LogP contribution in [0.25, 0.3) is 22.2 Å². The van der Waals surface area contributed by atoms with Crippen molar-refractivity contribution in [3.8, 4) is 11.3 Å². The van der Waals surface area contributed by atoms with Gasteiger partial charge in [-0.25, -0.2) is 4.39 Å². The zero-order valence-electron chi connectivity index (χ0n) is 19.4. The van der Waals surface area contributed by atoms with E-state index in [2.05, 4.69) is 74.0 Å². The summed E-state index contributed by atoms with van der Waals surface area (Å²) in [4.78, 5) is 15.3. The summed E-state index contributed by atoms with van der Waals surface area (Å²) in [7, 11) is 2.09. The number of aryl methyl sites for hydroxylation is 2. The van der Waals surface area contributed by atoms with Gasteiger partial charge in [0, 0.05) is 35.6 Å². The number of benzene rings is 3. The Morgan fingerprint density at radius 3 is 2.24 bits per heavy atom. The highest BCUT2D eigenvalue weighted by Gasteiger charge is 2.39. The minimum atomic E-state index is -0.274. The molecule has 1 aliphatic rings. The van der Waals surface area contributed by atoms with Gasteiger partial charge in [0.05, 0.1) is 11.7 Å². The van der Waals surface area contributed by atoms with Gasteiger partial charge in [0.25, 0.3) is 5.91 Å². The van der Waals surface area contributed by atoms with Crippen LogP contribution in [-0.4, -0.2) is 15.4 Å². The molecule has 5 rings (SSSR count). The minimum absolute atomic E-state index is 0.0321. The maximum absolute atomic E-state index is 13.5. The molecule has 0 N–H and O–H groups in total. The fourth-order valence-corrected chi connectivity index (χ4v) is 5.02. The van der Waals surface area contributed by atoms with Gasteiger partial charge in [-0.2, -0.15) is 0 Å². The second kappa shape index (κ2) is 8.04. The van der Waals surface area contributed by atoms with Gasteiger partial charge in [-0.3, -0.25) is 4.79 Å². The van der Waals surface area contributed by atoms with Crippen LogP contribution in [0.4, 0.5) is 4.39 Å². The van der Waals surface area contributed by atoms with Gasteiger partial charge < -0.3 is 9.47 Å². The molecule has 3 nitrogen and oxygen atoms in total. The van der Waals surface area contributed by atoms with Crippen molar-refractivity contribution in [3.05, 3.63) is 106 Å². The first-order chi connectivity index (χ1) is 15.9. The van der Waals surface area contributed by atoms with E-state index < -0.39 is 0 Å². The lowest BCUT2D eigenvalue weighted by Crippen LogP contribution is -2.29. The van der Waals surface area contributed by atoms with E-state index in [1.54, 1.807) is 12.1 Å². The third-order valence-corrected chi connectivity index (χ3v) is 6.91. The number of carbonyl (C=O) groups excluding carboxylic acids is 1. The molecule has 0 fully saturated rings. The molecular weight excluding hydrogens is 411 g/mol. The Labute approximate surface area is 193 Å². The molecule has 33 heavy (non-hydrogen) atoms. The van der Waals surface area contributed by atoms with Gasteiger partial charge in [0.1, 0.15) is 5.82 Å². The van der Waals surface area contributed by atoms with Crippen LogP contribution < -0.4 is 0 Å². The van der Waals surface area contributed by atoms with Crippen molar-refractivity contribution < 1.29 is 9.18 Å². The van der Waals surface area contributed by atoms with Crippen LogP contribution >= 0.6 is 0 Å². The van der Waals surface area contributed by atoms with E-state index in [9.17, 15) is 9.18 Å². The first-order valence-corrected chi connectivity index (χ1v) is 11.2. The third-order valence-electron chi connectivity index (χ3n) is 6.91. The molecule has 1 unspecified atom stereocenters. The summed E-state index contributed by atoms with van der Waals surface area (Å²) < 4.78 is 15.7. The quantitative estimate of drug-likeness (QED) is 0.347. The maximum atomic E-state index is 13.5. The molecule has 0 aliphatic carbocycles. The highest BCUT2D eigenvalue weighted by atomic mass is 19.1. The molecule has 0 saturated heterocycles. The topological polar surface area (TPSA) is 25.2 Å². The largest absolute Gasteiger partial charge is 0.343 e. The van der Waals surface area contributed by atoms with Gasteiger partial charge in [-0.1, -0.05) is 60.2 Å². The van der Waals surface area contributed by atoms with Crippen LogP contribution in [0, 0.1) is 12.7 Å². The standard InChI is InChI=1S/C29H27FN2O/c1-18-9-13-22(14-10-18)28-26(24-7-5-6-8-25(24)31(28)4)27-19(2)20(3)29(33)32(27)17-21-11-15-23(30)16-12-21/h5-16,27H,17H2,1-4H3. The lowest BCUT2D eigenvalue weighted by atomic mass is 9.93. The monoisotopic (exact) mass is 438 g/mol. The van der Waals surface area contributed by atoms with Crippen LogP contribution in [0.1, 0.15) is 36.6 Å². The number of aromatic nitrogens is 1. The number of fused-ring (bicyclic) bond motifs is 1. The Kier molecular flexibility index (Phi) is 5.16. The molecule has 0 spiro atoms. The van der Waals surface area contributed by atoms with E-state index in [-0.39, 0.29) is 17.8 Å². The van der Waals surface area contributed by atoms with Crippen molar-refractivity contribution in [2.45, 2.75) is 33.4 Å². The van der Waals surface area contributed by atoms with Crippen molar-refractivity contribution >= 4 is 16.8 Å². The summed E-state index contributed by atoms with van der Waals surface area (Å²) >= 11 is 0. The molecular formula is C29H27FN2O. The van der Waals surface area contributed by atoms with Gasteiger partial charge in [-0.05, 0) is 55.7 Å². The Bertz CT molecular complexity index is 1390. The summed E-state index contributed by atoms with van der Waals surface area (Å²) in [5, 5.41) is 1.14. The number of hydrogen-bond acceptors (Lipinski definition) is 1. The van der Waals surface area contributed by atoms with Crippen LogP contribution in [0.3, 0.4) is 0 Å². The van der Waals surface area contributed by atoms with Gasteiger partial charge in [0.2, 0.25) is 0 Å². The number of carbonyl (C=O) groups is 1. The Morgan fingerprint density at radius 2 is 1.55 bits per heavy atom. The smallest absolute Gasteiger partial charge is 0.250 e. The summed E-state index contributed by atoms with van der Waals surface area (Å²) in [6.45, 7) is 6.48. The number of halogens is 1. The molecule has 166 valence electrons. The van der Waals surface area contributed by atoms with Gasteiger partial charge >= 0.3 is 0 Å². The lowest BCUT2D eigenvalue weighted by molar-refractivity contribution is -0.127. The van der Waals surface area contributed by atoms with Crippen LogP contribution in [0.15, 0.2) is 83.9 Å². The molecule has 0 radical (unpaired) electrons. The SMILES string of the molecule is CC1=C(C)C(c2c(-c3ccc(C)cc3)n(C)c3ccccc23)N(Cc2ccc(F)cc2)C1=O. The third kappa shape index (κ3) is 3.46. The summed E-state index contributed by atoms with van der Waals surface area (Å²) in [6.07, 6.45) is 0. The van der Waals surface area contributed by atoms with E-state index in [4.69, 9.17) is 0 Å². The number of hydrogen-bond donors (Lipinski definition) is 0. The molecule has 1 amide bonds. The first kappa shape index (κ1) is 21.2. The average molecular weight is 439 g/mol. The highest BCUT2D eigenvalue weighted by Crippen LogP contribution is 2.46. The lowest BCUT2D eigenvalue weighted by Gasteiger charge is -2.28. The zero-order chi connectivity index (χ0) is 23.3. The molecule has 4 heteroatoms. The summed E-state index contributed by atoms with van der Waals surface area (Å²) in [5.41, 5.74) is 8.48. The van der Waals surface area contributed by atoms with Crippen molar-refractivity contribution in [1.82, 2.24) is 9.47 Å². The Hall–Kier alpha value is -3.66. The Balaban J connectivity index is 1.73. The number of rotatable bonds is 4. The highest BCUT2D eigenvalue weighted by molar-refractivity contribution is 6.00. The molecule has 0 bridgehead atoms. The molecule has 2 heterocycles. The number of nitrogens with zero attached hydrogens (tertiary/aromatic N) is 2. The molecule has 0 saturated carbocycles. The van der Waals surface area contributed by atoms with E-state index in [0.29, 0.717) is 6.54 Å². The van der Waals surface area contributed by atoms with Crippen molar-refractivity contribution in [2.75, 3.05) is 0 Å².